The first-order valence-electron chi connectivity index (χ1n) is 4.03. The topological polar surface area (TPSA) is 79.4 Å². The first kappa shape index (κ1) is 10.2. The minimum Gasteiger partial charge on any atom is -0.357 e. The number of nitrogens with zero attached hydrogens (tertiary/aromatic N) is 4. The molecule has 78 valence electrons. The number of aromatic amines is 1. The van der Waals surface area contributed by atoms with Crippen molar-refractivity contribution in [1.82, 2.24) is 25.1 Å². The van der Waals surface area contributed by atoms with Gasteiger partial charge in [0, 0.05) is 7.05 Å². The fraction of sp³-hybridized carbons (Fsp3) is 0.143. The van der Waals surface area contributed by atoms with E-state index in [1.54, 1.807) is 13.2 Å². The lowest BCUT2D eigenvalue weighted by molar-refractivity contribution is 0.963. The molecule has 0 fully saturated rings. The molecule has 2 rings (SSSR count). The molecule has 0 aromatic carbocycles. The first-order valence-corrected chi connectivity index (χ1v) is 5.22. The van der Waals surface area contributed by atoms with E-state index in [-0.39, 0.29) is 0 Å². The third kappa shape index (κ3) is 2.37. The monoisotopic (exact) mass is 242 g/mol. The highest BCUT2D eigenvalue weighted by atomic mass is 35.5. The zero-order chi connectivity index (χ0) is 10.7. The zero-order valence-corrected chi connectivity index (χ0v) is 9.30. The number of hydrogen-bond acceptors (Lipinski definition) is 6. The molecule has 8 heteroatoms. The van der Waals surface area contributed by atoms with Gasteiger partial charge in [0.15, 0.2) is 5.16 Å². The second-order valence-corrected chi connectivity index (χ2v) is 3.87. The van der Waals surface area contributed by atoms with Crippen LogP contribution in [0.25, 0.3) is 0 Å². The largest absolute Gasteiger partial charge is 0.357 e. The van der Waals surface area contributed by atoms with Gasteiger partial charge in [0.2, 0.25) is 5.95 Å². The van der Waals surface area contributed by atoms with Crippen LogP contribution in [0.1, 0.15) is 0 Å². The molecule has 0 radical (unpaired) electrons. The maximum atomic E-state index is 5.93. The predicted molar refractivity (Wildman–Crippen MR) is 57.1 cm³/mol. The molecule has 6 nitrogen and oxygen atoms in total. The van der Waals surface area contributed by atoms with Crippen LogP contribution in [0.15, 0.2) is 22.7 Å². The summed E-state index contributed by atoms with van der Waals surface area (Å²) in [6.07, 6.45) is 2.97. The van der Waals surface area contributed by atoms with Crippen molar-refractivity contribution in [2.24, 2.45) is 0 Å². The molecule has 2 aromatic heterocycles. The molecule has 0 saturated heterocycles. The van der Waals surface area contributed by atoms with Crippen molar-refractivity contribution in [1.29, 1.82) is 0 Å². The average molecular weight is 243 g/mol. The van der Waals surface area contributed by atoms with Gasteiger partial charge in [-0.3, -0.25) is 5.10 Å². The van der Waals surface area contributed by atoms with Crippen molar-refractivity contribution in [2.75, 3.05) is 12.4 Å². The van der Waals surface area contributed by atoms with Gasteiger partial charge in [-0.25, -0.2) is 15.0 Å². The summed E-state index contributed by atoms with van der Waals surface area (Å²) < 4.78 is 0. The number of anilines is 1. The maximum Gasteiger partial charge on any atom is 0.223 e. The summed E-state index contributed by atoms with van der Waals surface area (Å²) in [6, 6.07) is 0. The second-order valence-electron chi connectivity index (χ2n) is 2.49. The van der Waals surface area contributed by atoms with Gasteiger partial charge in [-0.1, -0.05) is 11.6 Å². The number of halogens is 1. The Bertz CT molecular complexity index is 445. The van der Waals surface area contributed by atoms with E-state index in [1.807, 2.05) is 0 Å². The van der Waals surface area contributed by atoms with Crippen molar-refractivity contribution in [3.8, 4) is 0 Å². The molecular weight excluding hydrogens is 236 g/mol. The first-order chi connectivity index (χ1) is 7.29. The fourth-order valence-corrected chi connectivity index (χ4v) is 1.75. The Morgan fingerprint density at radius 3 is 3.00 bits per heavy atom. The molecule has 0 aliphatic carbocycles. The smallest absolute Gasteiger partial charge is 0.223 e. The van der Waals surface area contributed by atoms with Gasteiger partial charge in [0.25, 0.3) is 0 Å². The average Bonchev–Trinajstić information content (AvgIpc) is 2.74. The molecule has 0 unspecified atom stereocenters. The van der Waals surface area contributed by atoms with Gasteiger partial charge in [-0.05, 0) is 11.8 Å². The van der Waals surface area contributed by atoms with Crippen molar-refractivity contribution < 1.29 is 0 Å². The number of hydrogen-bond donors (Lipinski definition) is 2. The van der Waals surface area contributed by atoms with E-state index in [0.717, 1.165) is 0 Å². The van der Waals surface area contributed by atoms with Crippen molar-refractivity contribution >= 4 is 29.3 Å². The molecule has 15 heavy (non-hydrogen) atoms. The summed E-state index contributed by atoms with van der Waals surface area (Å²) in [5.74, 6) is 0.515. The molecule has 0 atom stereocenters. The van der Waals surface area contributed by atoms with Crippen LogP contribution in [0.4, 0.5) is 5.95 Å². The molecule has 0 bridgehead atoms. The highest BCUT2D eigenvalue weighted by molar-refractivity contribution is 7.99. The lowest BCUT2D eigenvalue weighted by atomic mass is 10.6. The second kappa shape index (κ2) is 4.45. The van der Waals surface area contributed by atoms with Gasteiger partial charge in [-0.15, -0.1) is 0 Å². The van der Waals surface area contributed by atoms with Crippen LogP contribution < -0.4 is 5.32 Å². The van der Waals surface area contributed by atoms with Crippen LogP contribution in [0.2, 0.25) is 5.02 Å². The van der Waals surface area contributed by atoms with Crippen LogP contribution in [0.5, 0.6) is 0 Å². The summed E-state index contributed by atoms with van der Waals surface area (Å²) in [5.41, 5.74) is 0. The Hall–Kier alpha value is -1.34. The third-order valence-corrected chi connectivity index (χ3v) is 2.81. The minimum absolute atomic E-state index is 0.482. The fourth-order valence-electron chi connectivity index (χ4n) is 0.879. The summed E-state index contributed by atoms with van der Waals surface area (Å²) in [5, 5.41) is 11.0. The maximum absolute atomic E-state index is 5.93. The highest BCUT2D eigenvalue weighted by Crippen LogP contribution is 2.28. The Kier molecular flexibility index (Phi) is 3.02. The van der Waals surface area contributed by atoms with E-state index in [4.69, 9.17) is 11.6 Å². The van der Waals surface area contributed by atoms with Crippen molar-refractivity contribution in [3.63, 3.8) is 0 Å². The van der Waals surface area contributed by atoms with Crippen molar-refractivity contribution in [2.45, 2.75) is 10.2 Å². The normalized spacial score (nSPS) is 10.3. The quantitative estimate of drug-likeness (QED) is 0.793. The lowest BCUT2D eigenvalue weighted by Gasteiger charge is -2.02. The van der Waals surface area contributed by atoms with Crippen LogP contribution in [-0.2, 0) is 0 Å². The summed E-state index contributed by atoms with van der Waals surface area (Å²) in [7, 11) is 1.74. The lowest BCUT2D eigenvalue weighted by Crippen LogP contribution is -1.97. The van der Waals surface area contributed by atoms with E-state index < -0.39 is 0 Å². The van der Waals surface area contributed by atoms with Gasteiger partial charge < -0.3 is 5.32 Å². The molecule has 0 spiro atoms. The molecule has 2 heterocycles. The van der Waals surface area contributed by atoms with Gasteiger partial charge in [0.1, 0.15) is 11.4 Å². The molecule has 2 aromatic rings. The molecule has 0 amide bonds. The van der Waals surface area contributed by atoms with Gasteiger partial charge >= 0.3 is 0 Å². The molecule has 2 N–H and O–H groups in total. The Labute approximate surface area is 94.9 Å². The Balaban J connectivity index is 2.27. The van der Waals surface area contributed by atoms with E-state index in [1.165, 1.54) is 18.1 Å². The Morgan fingerprint density at radius 2 is 2.33 bits per heavy atom. The molecule has 0 aliphatic rings. The number of rotatable bonds is 3. The highest BCUT2D eigenvalue weighted by Gasteiger charge is 2.08. The Morgan fingerprint density at radius 1 is 1.47 bits per heavy atom. The van der Waals surface area contributed by atoms with Crippen molar-refractivity contribution in [3.05, 3.63) is 17.5 Å². The van der Waals surface area contributed by atoms with Crippen LogP contribution in [0.3, 0.4) is 0 Å². The van der Waals surface area contributed by atoms with E-state index in [0.29, 0.717) is 21.2 Å². The molecule has 0 aliphatic heterocycles. The number of nitrogens with one attached hydrogen (secondary N) is 2. The van der Waals surface area contributed by atoms with Crippen LogP contribution in [-0.4, -0.2) is 32.2 Å². The number of H-pyrrole nitrogens is 1. The van der Waals surface area contributed by atoms with Gasteiger partial charge in [0.05, 0.1) is 11.2 Å². The van der Waals surface area contributed by atoms with E-state index >= 15 is 0 Å². The van der Waals surface area contributed by atoms with Gasteiger partial charge in [-0.2, -0.15) is 5.10 Å². The molecule has 0 saturated carbocycles. The standard InChI is InChI=1S/C7H7ClN6S/c1-9-6-10-2-4(8)5(13-6)15-7-11-3-12-14-7/h2-3H,1H3,(H,9,10,13)(H,11,12,14). The van der Waals surface area contributed by atoms with Crippen LogP contribution in [0, 0.1) is 0 Å². The predicted octanol–water partition coefficient (Wildman–Crippen LogP) is 1.44. The minimum atomic E-state index is 0.482. The molecular formula is C7H7ClN6S. The summed E-state index contributed by atoms with van der Waals surface area (Å²) in [4.78, 5) is 12.1. The third-order valence-electron chi connectivity index (χ3n) is 1.52. The van der Waals surface area contributed by atoms with E-state index in [9.17, 15) is 0 Å². The summed E-state index contributed by atoms with van der Waals surface area (Å²) in [6.45, 7) is 0. The zero-order valence-electron chi connectivity index (χ0n) is 7.73. The number of aromatic nitrogens is 5. The van der Waals surface area contributed by atoms with Crippen LogP contribution >= 0.6 is 23.4 Å². The SMILES string of the molecule is CNc1ncc(Cl)c(Sc2ncn[nH]2)n1. The van der Waals surface area contributed by atoms with E-state index in [2.05, 4.69) is 30.5 Å². The summed E-state index contributed by atoms with van der Waals surface area (Å²) >= 11 is 7.23.